The van der Waals surface area contributed by atoms with E-state index in [0.717, 1.165) is 15.4 Å². The number of hydrogen-bond donors (Lipinski definition) is 1. The number of amides is 2. The first-order valence-corrected chi connectivity index (χ1v) is 13.3. The van der Waals surface area contributed by atoms with Crippen molar-refractivity contribution in [2.45, 2.75) is 21.2 Å². The predicted molar refractivity (Wildman–Crippen MR) is 130 cm³/mol. The molecule has 1 fully saturated rings. The Hall–Kier alpha value is -2.43. The van der Waals surface area contributed by atoms with Gasteiger partial charge in [-0.2, -0.15) is 0 Å². The monoisotopic (exact) mass is 502 g/mol. The number of benzene rings is 1. The lowest BCUT2D eigenvalue weighted by atomic mass is 10.0. The van der Waals surface area contributed by atoms with Crippen molar-refractivity contribution in [3.63, 3.8) is 0 Å². The summed E-state index contributed by atoms with van der Waals surface area (Å²) in [5.41, 5.74) is 1.17. The van der Waals surface area contributed by atoms with Crippen LogP contribution in [0.25, 0.3) is 0 Å². The van der Waals surface area contributed by atoms with Gasteiger partial charge < -0.3 is 10.1 Å². The maximum Gasteiger partial charge on any atom is 0.354 e. The van der Waals surface area contributed by atoms with Crippen LogP contribution in [0.3, 0.4) is 0 Å². The topological polar surface area (TPSA) is 79.6 Å². The van der Waals surface area contributed by atoms with Crippen LogP contribution in [0, 0.1) is 0 Å². The number of aryl methyl sites for hydroxylation is 1. The summed E-state index contributed by atoms with van der Waals surface area (Å²) < 4.78 is 6.94. The number of methoxy groups -OCH3 is 1. The second kappa shape index (κ2) is 10.7. The Balaban J connectivity index is 1.41. The van der Waals surface area contributed by atoms with Gasteiger partial charge in [0.25, 0.3) is 5.91 Å². The van der Waals surface area contributed by atoms with Crippen LogP contribution >= 0.6 is 35.3 Å². The molecular weight excluding hydrogens is 478 g/mol. The van der Waals surface area contributed by atoms with E-state index in [2.05, 4.69) is 5.32 Å². The van der Waals surface area contributed by atoms with E-state index in [1.165, 1.54) is 23.8 Å². The molecule has 0 spiro atoms. The van der Waals surface area contributed by atoms with Gasteiger partial charge in [0.1, 0.15) is 24.2 Å². The summed E-state index contributed by atoms with van der Waals surface area (Å²) in [5, 5.41) is 2.53. The molecule has 1 saturated heterocycles. The third-order valence-electron chi connectivity index (χ3n) is 5.22. The molecule has 10 heteroatoms. The molecule has 3 heterocycles. The summed E-state index contributed by atoms with van der Waals surface area (Å²) in [6.07, 6.45) is 3.93. The molecule has 4 rings (SSSR count). The molecule has 1 aromatic carbocycles. The van der Waals surface area contributed by atoms with Crippen molar-refractivity contribution >= 4 is 53.1 Å². The number of carbonyl (C=O) groups excluding carboxylic acids is 3. The van der Waals surface area contributed by atoms with Crippen molar-refractivity contribution in [1.29, 1.82) is 0 Å². The Labute approximate surface area is 205 Å². The molecule has 2 aliphatic rings. The van der Waals surface area contributed by atoms with Gasteiger partial charge in [-0.1, -0.05) is 18.2 Å². The van der Waals surface area contributed by atoms with Gasteiger partial charge in [0, 0.05) is 33.4 Å². The Morgan fingerprint density at radius 3 is 2.55 bits per heavy atom. The highest BCUT2D eigenvalue weighted by Gasteiger charge is 2.54. The van der Waals surface area contributed by atoms with Crippen molar-refractivity contribution < 1.29 is 23.7 Å². The number of thioether (sulfide) groups is 3. The first-order valence-electron chi connectivity index (χ1n) is 10.3. The molecule has 0 saturated carbocycles. The number of carbonyl (C=O) groups is 3. The summed E-state index contributed by atoms with van der Waals surface area (Å²) in [6, 6.07) is 13.0. The number of nitrogens with one attached hydrogen (secondary N) is 1. The minimum atomic E-state index is -0.637. The fourth-order valence-corrected chi connectivity index (χ4v) is 6.61. The van der Waals surface area contributed by atoms with E-state index in [1.807, 2.05) is 66.5 Å². The van der Waals surface area contributed by atoms with Crippen molar-refractivity contribution in [1.82, 2.24) is 10.2 Å². The first-order chi connectivity index (χ1) is 16.0. The number of hydrogen-bond acceptors (Lipinski definition) is 7. The highest BCUT2D eigenvalue weighted by Crippen LogP contribution is 2.41. The molecule has 2 aliphatic heterocycles. The van der Waals surface area contributed by atoms with Gasteiger partial charge in [-0.05, 0) is 17.7 Å². The van der Waals surface area contributed by atoms with E-state index in [0.29, 0.717) is 17.2 Å². The van der Waals surface area contributed by atoms with Crippen LogP contribution in [0.4, 0.5) is 0 Å². The summed E-state index contributed by atoms with van der Waals surface area (Å²) >= 11 is 4.59. The highest BCUT2D eigenvalue weighted by molar-refractivity contribution is 8.01. The number of esters is 1. The van der Waals surface area contributed by atoms with Crippen LogP contribution in [0.5, 0.6) is 0 Å². The summed E-state index contributed by atoms with van der Waals surface area (Å²) in [4.78, 5) is 41.5. The first kappa shape index (κ1) is 23.7. The van der Waals surface area contributed by atoms with Gasteiger partial charge in [-0.25, -0.2) is 9.36 Å². The van der Waals surface area contributed by atoms with E-state index < -0.39 is 12.0 Å². The van der Waals surface area contributed by atoms with Gasteiger partial charge in [-0.3, -0.25) is 14.5 Å². The van der Waals surface area contributed by atoms with Gasteiger partial charge >= 0.3 is 5.97 Å². The Bertz CT molecular complexity index is 1080. The number of fused-ring (bicyclic) bond motifs is 1. The summed E-state index contributed by atoms with van der Waals surface area (Å²) in [6.45, 7) is 0. The molecule has 2 atom stereocenters. The fraction of sp³-hybridized carbons (Fsp3) is 0.304. The Morgan fingerprint density at radius 1 is 1.15 bits per heavy atom. The normalized spacial score (nSPS) is 19.6. The third kappa shape index (κ3) is 5.39. The zero-order chi connectivity index (χ0) is 23.4. The van der Waals surface area contributed by atoms with Gasteiger partial charge in [0.2, 0.25) is 5.91 Å². The summed E-state index contributed by atoms with van der Waals surface area (Å²) in [7, 11) is 3.27. The van der Waals surface area contributed by atoms with Crippen molar-refractivity contribution in [2.24, 2.45) is 7.05 Å². The fourth-order valence-electron chi connectivity index (χ4n) is 3.51. The number of rotatable bonds is 8. The number of pyridine rings is 1. The van der Waals surface area contributed by atoms with Crippen LogP contribution in [0.2, 0.25) is 0 Å². The second-order valence-electron chi connectivity index (χ2n) is 7.49. The molecule has 0 aliphatic carbocycles. The van der Waals surface area contributed by atoms with E-state index >= 15 is 0 Å². The highest BCUT2D eigenvalue weighted by atomic mass is 32.2. The average Bonchev–Trinajstić information content (AvgIpc) is 2.85. The van der Waals surface area contributed by atoms with Crippen molar-refractivity contribution in [3.05, 3.63) is 66.1 Å². The molecule has 172 valence electrons. The lowest BCUT2D eigenvalue weighted by Crippen LogP contribution is -2.70. The molecule has 7 nitrogen and oxygen atoms in total. The number of aromatic nitrogens is 1. The molecule has 0 radical (unpaired) electrons. The number of nitrogens with zero attached hydrogens (tertiary/aromatic N) is 2. The minimum Gasteiger partial charge on any atom is -0.464 e. The Morgan fingerprint density at radius 2 is 1.85 bits per heavy atom. The lowest BCUT2D eigenvalue weighted by Gasteiger charge is -2.49. The van der Waals surface area contributed by atoms with E-state index in [9.17, 15) is 14.4 Å². The molecule has 1 N–H and O–H groups in total. The molecular formula is C23H24N3O4S3+. The van der Waals surface area contributed by atoms with Crippen LogP contribution in [0.15, 0.2) is 75.9 Å². The minimum absolute atomic E-state index is 0.204. The van der Waals surface area contributed by atoms with Crippen LogP contribution in [0.1, 0.15) is 0 Å². The SMILES string of the molecule is COC(=O)C1=C(CSc2cc[n+](C)cc2)CSC2C(NC(=O)CSc3ccccc3)C(=O)N12. The Kier molecular flexibility index (Phi) is 7.67. The second-order valence-corrected chi connectivity index (χ2v) is 10.7. The summed E-state index contributed by atoms with van der Waals surface area (Å²) in [5.74, 6) is 0.392. The molecule has 2 aromatic rings. The standard InChI is InChI=1S/C23H23N3O4S3/c1-25-10-8-17(9-11-25)31-12-15-13-33-22-19(21(28)26(22)20(15)23(29)30-2)24-18(27)14-32-16-6-4-3-5-7-16/h3-11,19,22H,12-14H2,1-2H3/p+1. The molecule has 1 aromatic heterocycles. The maximum absolute atomic E-state index is 12.9. The largest absolute Gasteiger partial charge is 0.464 e. The molecule has 0 bridgehead atoms. The zero-order valence-electron chi connectivity index (χ0n) is 18.2. The molecule has 33 heavy (non-hydrogen) atoms. The predicted octanol–water partition coefficient (Wildman–Crippen LogP) is 2.22. The van der Waals surface area contributed by atoms with Crippen LogP contribution < -0.4 is 9.88 Å². The molecule has 2 amide bonds. The zero-order valence-corrected chi connectivity index (χ0v) is 20.7. The number of ether oxygens (including phenoxy) is 1. The van der Waals surface area contributed by atoms with E-state index in [-0.39, 0.29) is 22.9 Å². The average molecular weight is 503 g/mol. The lowest BCUT2D eigenvalue weighted by molar-refractivity contribution is -0.671. The third-order valence-corrected chi connectivity index (χ3v) is 8.67. The van der Waals surface area contributed by atoms with Crippen molar-refractivity contribution in [3.8, 4) is 0 Å². The smallest absolute Gasteiger partial charge is 0.354 e. The van der Waals surface area contributed by atoms with Crippen LogP contribution in [-0.2, 0) is 26.2 Å². The van der Waals surface area contributed by atoms with E-state index in [4.69, 9.17) is 4.74 Å². The molecule has 2 unspecified atom stereocenters. The van der Waals surface area contributed by atoms with Gasteiger partial charge in [0.15, 0.2) is 12.4 Å². The van der Waals surface area contributed by atoms with Gasteiger partial charge in [-0.15, -0.1) is 35.3 Å². The van der Waals surface area contributed by atoms with Crippen LogP contribution in [-0.4, -0.2) is 58.5 Å². The van der Waals surface area contributed by atoms with Gasteiger partial charge in [0.05, 0.1) is 12.9 Å². The van der Waals surface area contributed by atoms with E-state index in [1.54, 1.807) is 23.5 Å². The maximum atomic E-state index is 12.9. The number of β-lactam (4-membered cyclic amide) rings is 1. The quantitative estimate of drug-likeness (QED) is 0.257. The van der Waals surface area contributed by atoms with Crippen molar-refractivity contribution in [2.75, 3.05) is 24.4 Å².